The van der Waals surface area contributed by atoms with Crippen LogP contribution in [0.1, 0.15) is 64.4 Å². The van der Waals surface area contributed by atoms with Gasteiger partial charge in [-0.3, -0.25) is 14.3 Å². The molecule has 0 radical (unpaired) electrons. The first-order valence-corrected chi connectivity index (χ1v) is 19.3. The van der Waals surface area contributed by atoms with E-state index in [1.807, 2.05) is 6.07 Å². The number of carbonyl (C=O) groups is 2. The summed E-state index contributed by atoms with van der Waals surface area (Å²) in [4.78, 5) is 29.6. The first-order valence-electron chi connectivity index (χ1n) is 17.7. The van der Waals surface area contributed by atoms with Crippen molar-refractivity contribution in [1.82, 2.24) is 15.1 Å². The Labute approximate surface area is 310 Å². The number of rotatable bonds is 4. The number of hydrogen-bond donors (Lipinski definition) is 1. The van der Waals surface area contributed by atoms with Gasteiger partial charge < -0.3 is 33.0 Å². The van der Waals surface area contributed by atoms with Crippen LogP contribution in [-0.4, -0.2) is 73.2 Å². The molecule has 1 spiro atoms. The van der Waals surface area contributed by atoms with Gasteiger partial charge in [-0.25, -0.2) is 4.39 Å². The third kappa shape index (κ3) is 6.94. The number of alkyl halides is 1. The Morgan fingerprint density at radius 1 is 1.17 bits per heavy atom. The molecule has 2 aliphatic heterocycles. The van der Waals surface area contributed by atoms with Crippen LogP contribution in [0.5, 0.6) is 11.6 Å². The van der Waals surface area contributed by atoms with E-state index >= 15 is 4.39 Å². The molecule has 2 aliphatic carbocycles. The maximum atomic E-state index is 16.1. The summed E-state index contributed by atoms with van der Waals surface area (Å²) >= 11 is 6.43. The van der Waals surface area contributed by atoms with Crippen LogP contribution in [0.3, 0.4) is 0 Å². The number of allylic oxidation sites excluding steroid dienone is 1. The number of aromatic nitrogens is 2. The Kier molecular flexibility index (Phi) is 10.4. The minimum atomic E-state index is -2.38. The minimum Gasteiger partial charge on any atom is -0.490 e. The van der Waals surface area contributed by atoms with Gasteiger partial charge in [0.05, 0.1) is 25.5 Å². The highest BCUT2D eigenvalue weighted by Crippen LogP contribution is 2.47. The van der Waals surface area contributed by atoms with E-state index < -0.39 is 39.9 Å². The van der Waals surface area contributed by atoms with Gasteiger partial charge in [-0.15, -0.1) is 5.10 Å². The standard InChI is InChI=1S/C38H44ClFN5O6S/c1-22-30(40)12-14-32(49-3)27-10-7-25(27)18-45-20-38(15-5-6-23-16-26(39)9-11-29(23)38)21-51-33-13-8-24(17-31(33)45)34(46)43-52(48)37(22)41-35(47)28-19-44(2)42-36(28)50-4/h8-9,11-14,16-17,19,22,25,27,30,32,37H,5-7,10,15,18,20-21H2,1-4H3,(H,41,47)/q-1. The quantitative estimate of drug-likeness (QED) is 0.248. The Bertz CT molecular complexity index is 1980. The highest BCUT2D eigenvalue weighted by atomic mass is 35.5. The summed E-state index contributed by atoms with van der Waals surface area (Å²) in [5.74, 6) is -1.42. The highest BCUT2D eigenvalue weighted by molar-refractivity contribution is 7.75. The van der Waals surface area contributed by atoms with Crippen LogP contribution >= 0.6 is 11.6 Å². The van der Waals surface area contributed by atoms with Crippen molar-refractivity contribution in [2.45, 2.75) is 62.1 Å². The molecule has 11 nitrogen and oxygen atoms in total. The second-order valence-corrected chi connectivity index (χ2v) is 16.1. The van der Waals surface area contributed by atoms with E-state index in [4.69, 9.17) is 25.8 Å². The molecule has 0 saturated heterocycles. The third-order valence-corrected chi connectivity index (χ3v) is 12.8. The zero-order valence-corrected chi connectivity index (χ0v) is 31.3. The summed E-state index contributed by atoms with van der Waals surface area (Å²) in [7, 11) is 2.25. The van der Waals surface area contributed by atoms with Crippen molar-refractivity contribution < 1.29 is 32.4 Å². The van der Waals surface area contributed by atoms with Crippen LogP contribution in [-0.2, 0) is 38.4 Å². The number of ether oxygens (including phenoxy) is 3. The van der Waals surface area contributed by atoms with Crippen LogP contribution in [0.2, 0.25) is 5.02 Å². The summed E-state index contributed by atoms with van der Waals surface area (Å²) in [5, 5.41) is 6.12. The zero-order chi connectivity index (χ0) is 36.7. The normalized spacial score (nSPS) is 29.2. The summed E-state index contributed by atoms with van der Waals surface area (Å²) in [6.07, 6.45) is 7.33. The molecular weight excluding hydrogens is 709 g/mol. The molecule has 4 aliphatic rings. The molecule has 3 aromatic rings. The van der Waals surface area contributed by atoms with Crippen LogP contribution in [0, 0.1) is 17.8 Å². The van der Waals surface area contributed by atoms with Crippen molar-refractivity contribution in [3.05, 3.63) is 82.0 Å². The van der Waals surface area contributed by atoms with Crippen LogP contribution < -0.4 is 19.7 Å². The number of amides is 2. The van der Waals surface area contributed by atoms with Gasteiger partial charge in [-0.2, -0.15) is 10.6 Å². The fraction of sp³-hybridized carbons (Fsp3) is 0.500. The van der Waals surface area contributed by atoms with Gasteiger partial charge in [0.15, 0.2) is 0 Å². The highest BCUT2D eigenvalue weighted by Gasteiger charge is 2.44. The van der Waals surface area contributed by atoms with E-state index in [9.17, 15) is 13.8 Å². The number of nitrogens with one attached hydrogen (secondary N) is 1. The molecule has 2 amide bonds. The Balaban J connectivity index is 1.29. The largest absolute Gasteiger partial charge is 0.490 e. The lowest BCUT2D eigenvalue weighted by atomic mass is 9.68. The number of aryl methyl sites for hydroxylation is 2. The van der Waals surface area contributed by atoms with Crippen molar-refractivity contribution in [2.75, 3.05) is 38.8 Å². The van der Waals surface area contributed by atoms with Gasteiger partial charge in [-0.05, 0) is 91.3 Å². The molecule has 2 aromatic carbocycles. The molecule has 1 saturated carbocycles. The average molecular weight is 753 g/mol. The van der Waals surface area contributed by atoms with Crippen LogP contribution in [0.15, 0.2) is 59.1 Å². The third-order valence-electron chi connectivity index (χ3n) is 11.3. The fourth-order valence-electron chi connectivity index (χ4n) is 8.28. The first-order chi connectivity index (χ1) is 25.0. The smallest absolute Gasteiger partial charge is 0.257 e. The molecule has 278 valence electrons. The van der Waals surface area contributed by atoms with Crippen LogP contribution in [0.25, 0.3) is 0 Å². The number of nitrogens with zero attached hydrogens (tertiary/aromatic N) is 4. The minimum absolute atomic E-state index is 0.0494. The molecule has 14 heteroatoms. The summed E-state index contributed by atoms with van der Waals surface area (Å²) in [6.45, 7) is 3.33. The van der Waals surface area contributed by atoms with Crippen LogP contribution in [0.4, 0.5) is 10.1 Å². The molecule has 1 N–H and O–H groups in total. The van der Waals surface area contributed by atoms with Gasteiger partial charge in [0.1, 0.15) is 17.5 Å². The molecule has 7 atom stereocenters. The summed E-state index contributed by atoms with van der Waals surface area (Å²) in [6, 6.07) is 11.3. The predicted octanol–water partition coefficient (Wildman–Crippen LogP) is 6.18. The molecule has 7 rings (SSSR count). The maximum absolute atomic E-state index is 16.1. The number of anilines is 1. The van der Waals surface area contributed by atoms with E-state index in [-0.39, 0.29) is 40.4 Å². The number of benzene rings is 2. The number of fused-ring (bicyclic) bond motifs is 4. The summed E-state index contributed by atoms with van der Waals surface area (Å²) < 4.78 is 53.2. The van der Waals surface area contributed by atoms with Crippen molar-refractivity contribution in [1.29, 1.82) is 0 Å². The molecule has 1 aromatic heterocycles. The average Bonchev–Trinajstić information content (AvgIpc) is 3.44. The number of halogens is 2. The Hall–Kier alpha value is -3.94. The molecule has 1 fully saturated rings. The van der Waals surface area contributed by atoms with Crippen molar-refractivity contribution in [3.63, 3.8) is 0 Å². The topological polar surface area (TPSA) is 124 Å². The number of hydrogen-bond acceptors (Lipinski definition) is 9. The predicted molar refractivity (Wildman–Crippen MR) is 196 cm³/mol. The van der Waals surface area contributed by atoms with Crippen molar-refractivity contribution in [3.8, 4) is 11.6 Å². The zero-order valence-electron chi connectivity index (χ0n) is 29.7. The number of methoxy groups -OCH3 is 2. The Morgan fingerprint density at radius 2 is 2.00 bits per heavy atom. The van der Waals surface area contributed by atoms with Gasteiger partial charge in [0, 0.05) is 54.8 Å². The van der Waals surface area contributed by atoms with E-state index in [1.165, 1.54) is 42.1 Å². The SMILES string of the molecule is COc1nn(C)cc1C(=O)NC1C(C)C(F)C=CC(OC)C2CCC2CN2CC3(CCCc4cc(Cl)ccc43)COc3ccc(cc32)C(=O)N=[S-]1=O. The monoisotopic (exact) mass is 752 g/mol. The Morgan fingerprint density at radius 3 is 2.75 bits per heavy atom. The molecule has 3 heterocycles. The summed E-state index contributed by atoms with van der Waals surface area (Å²) in [5.41, 5.74) is 3.19. The number of carbonyl (C=O) groups excluding carboxylic acids is 2. The van der Waals surface area contributed by atoms with E-state index in [2.05, 4.69) is 31.8 Å². The second kappa shape index (κ2) is 14.8. The van der Waals surface area contributed by atoms with Crippen molar-refractivity contribution in [2.24, 2.45) is 29.2 Å². The molecule has 52 heavy (non-hydrogen) atoms. The fourth-order valence-corrected chi connectivity index (χ4v) is 9.58. The molecule has 7 unspecified atom stereocenters. The lowest BCUT2D eigenvalue weighted by molar-refractivity contribution is 0.0128. The van der Waals surface area contributed by atoms with Gasteiger partial charge in [0.2, 0.25) is 5.88 Å². The van der Waals surface area contributed by atoms with E-state index in [1.54, 1.807) is 38.4 Å². The second-order valence-electron chi connectivity index (χ2n) is 14.5. The lowest BCUT2D eigenvalue weighted by Crippen LogP contribution is -2.49. The van der Waals surface area contributed by atoms with E-state index in [0.29, 0.717) is 30.5 Å². The van der Waals surface area contributed by atoms with Crippen molar-refractivity contribution >= 4 is 39.7 Å². The van der Waals surface area contributed by atoms with Gasteiger partial charge in [0.25, 0.3) is 11.8 Å². The van der Waals surface area contributed by atoms with Gasteiger partial charge in [-0.1, -0.05) is 36.7 Å². The lowest BCUT2D eigenvalue weighted by Gasteiger charge is -2.46. The van der Waals surface area contributed by atoms with Gasteiger partial charge >= 0.3 is 0 Å². The molecule has 2 bridgehead atoms. The maximum Gasteiger partial charge on any atom is 0.257 e. The first kappa shape index (κ1) is 36.4. The molecular formula is C38H44ClFN5O6S-. The van der Waals surface area contributed by atoms with E-state index in [0.717, 1.165) is 37.8 Å².